The first-order valence-electron chi connectivity index (χ1n) is 8.95. The zero-order valence-electron chi connectivity index (χ0n) is 14.4. The second kappa shape index (κ2) is 9.68. The Morgan fingerprint density at radius 2 is 2.00 bits per heavy atom. The quantitative estimate of drug-likeness (QED) is 0.751. The van der Waals surface area contributed by atoms with E-state index in [0.29, 0.717) is 0 Å². The van der Waals surface area contributed by atoms with Crippen molar-refractivity contribution in [1.82, 2.24) is 5.32 Å². The first-order valence-corrected chi connectivity index (χ1v) is 8.95. The molecule has 0 spiro atoms. The highest BCUT2D eigenvalue weighted by atomic mass is 16.5. The molecule has 1 aromatic carbocycles. The molecule has 128 valence electrons. The maximum atomic E-state index is 12.3. The van der Waals surface area contributed by atoms with E-state index in [4.69, 9.17) is 4.74 Å². The molecule has 0 bridgehead atoms. The Labute approximate surface area is 140 Å². The smallest absolute Gasteiger partial charge is 0.253 e. The highest BCUT2D eigenvalue weighted by Crippen LogP contribution is 2.21. The van der Waals surface area contributed by atoms with Crippen molar-refractivity contribution < 1.29 is 9.53 Å². The molecule has 0 aliphatic heterocycles. The van der Waals surface area contributed by atoms with E-state index in [1.807, 2.05) is 25.1 Å². The van der Waals surface area contributed by atoms with Gasteiger partial charge in [0.1, 0.15) is 6.10 Å². The summed E-state index contributed by atoms with van der Waals surface area (Å²) >= 11 is 0. The molecule has 0 saturated heterocycles. The third kappa shape index (κ3) is 6.32. The average molecular weight is 318 g/mol. The predicted molar refractivity (Wildman–Crippen MR) is 94.5 cm³/mol. The Hall–Kier alpha value is -1.39. The summed E-state index contributed by atoms with van der Waals surface area (Å²) in [6.45, 7) is 5.68. The van der Waals surface area contributed by atoms with Crippen LogP contribution < -0.4 is 10.6 Å². The van der Waals surface area contributed by atoms with Crippen LogP contribution >= 0.6 is 0 Å². The van der Waals surface area contributed by atoms with Crippen LogP contribution in [0.5, 0.6) is 0 Å². The number of hydrogen-bond acceptors (Lipinski definition) is 3. The van der Waals surface area contributed by atoms with E-state index in [1.54, 1.807) is 0 Å². The summed E-state index contributed by atoms with van der Waals surface area (Å²) in [5, 5.41) is 6.26. The molecule has 2 rings (SSSR count). The summed E-state index contributed by atoms with van der Waals surface area (Å²) < 4.78 is 5.98. The lowest BCUT2D eigenvalue weighted by Crippen LogP contribution is -2.31. The van der Waals surface area contributed by atoms with Gasteiger partial charge in [-0.1, -0.05) is 44.7 Å². The van der Waals surface area contributed by atoms with Gasteiger partial charge in [0.15, 0.2) is 0 Å². The number of rotatable bonds is 7. The monoisotopic (exact) mass is 318 g/mol. The minimum atomic E-state index is -0.407. The number of amides is 1. The van der Waals surface area contributed by atoms with E-state index in [1.165, 1.54) is 31.2 Å². The largest absolute Gasteiger partial charge is 0.365 e. The molecule has 1 aliphatic carbocycles. The van der Waals surface area contributed by atoms with E-state index in [9.17, 15) is 4.79 Å². The molecule has 4 heteroatoms. The first kappa shape index (κ1) is 18.0. The number of hydrogen-bond donors (Lipinski definition) is 2. The van der Waals surface area contributed by atoms with Gasteiger partial charge < -0.3 is 15.4 Å². The Morgan fingerprint density at radius 1 is 1.26 bits per heavy atom. The van der Waals surface area contributed by atoms with Crippen LogP contribution in [0.4, 0.5) is 5.69 Å². The van der Waals surface area contributed by atoms with Gasteiger partial charge in [0.2, 0.25) is 0 Å². The fourth-order valence-electron chi connectivity index (χ4n) is 3.00. The lowest BCUT2D eigenvalue weighted by Gasteiger charge is -2.20. The van der Waals surface area contributed by atoms with Gasteiger partial charge in [-0.25, -0.2) is 0 Å². The Balaban J connectivity index is 1.84. The zero-order valence-corrected chi connectivity index (χ0v) is 14.4. The SMILES string of the molecule is CCNCc1cccc(NC(=O)C(C)OC2CCCCCC2)c1. The minimum Gasteiger partial charge on any atom is -0.365 e. The fraction of sp³-hybridized carbons (Fsp3) is 0.632. The molecule has 1 saturated carbocycles. The van der Waals surface area contributed by atoms with Gasteiger partial charge >= 0.3 is 0 Å². The first-order chi connectivity index (χ1) is 11.2. The number of nitrogens with one attached hydrogen (secondary N) is 2. The van der Waals surface area contributed by atoms with Crippen molar-refractivity contribution in [3.8, 4) is 0 Å². The molecule has 1 amide bonds. The Kier molecular flexibility index (Phi) is 7.56. The maximum absolute atomic E-state index is 12.3. The van der Waals surface area contributed by atoms with Crippen molar-refractivity contribution in [3.63, 3.8) is 0 Å². The lowest BCUT2D eigenvalue weighted by atomic mass is 10.1. The van der Waals surface area contributed by atoms with E-state index in [-0.39, 0.29) is 12.0 Å². The second-order valence-electron chi connectivity index (χ2n) is 6.36. The van der Waals surface area contributed by atoms with Gasteiger partial charge in [0, 0.05) is 12.2 Å². The van der Waals surface area contributed by atoms with Crippen LogP contribution in [0, 0.1) is 0 Å². The Morgan fingerprint density at radius 3 is 2.70 bits per heavy atom. The van der Waals surface area contributed by atoms with Crippen molar-refractivity contribution in [2.75, 3.05) is 11.9 Å². The molecule has 1 atom stereocenters. The molecule has 1 aromatic rings. The topological polar surface area (TPSA) is 50.4 Å². The van der Waals surface area contributed by atoms with Gasteiger partial charge in [-0.2, -0.15) is 0 Å². The summed E-state index contributed by atoms with van der Waals surface area (Å²) in [5.74, 6) is -0.0603. The number of carbonyl (C=O) groups is 1. The molecule has 1 unspecified atom stereocenters. The molecule has 1 aliphatic rings. The fourth-order valence-corrected chi connectivity index (χ4v) is 3.00. The Bertz CT molecular complexity index is 482. The highest BCUT2D eigenvalue weighted by molar-refractivity contribution is 5.93. The minimum absolute atomic E-state index is 0.0603. The highest BCUT2D eigenvalue weighted by Gasteiger charge is 2.20. The van der Waals surface area contributed by atoms with Crippen LogP contribution in [0.3, 0.4) is 0 Å². The van der Waals surface area contributed by atoms with Crippen molar-refractivity contribution in [2.45, 2.75) is 71.1 Å². The number of carbonyl (C=O) groups excluding carboxylic acids is 1. The summed E-state index contributed by atoms with van der Waals surface area (Å²) in [6.07, 6.45) is 6.99. The second-order valence-corrected chi connectivity index (χ2v) is 6.36. The molecule has 0 radical (unpaired) electrons. The van der Waals surface area contributed by atoms with E-state index in [0.717, 1.165) is 31.6 Å². The molecular weight excluding hydrogens is 288 g/mol. The summed E-state index contributed by atoms with van der Waals surface area (Å²) in [5.41, 5.74) is 2.00. The van der Waals surface area contributed by atoms with Crippen LogP contribution in [0.25, 0.3) is 0 Å². The van der Waals surface area contributed by atoms with E-state index < -0.39 is 6.10 Å². The van der Waals surface area contributed by atoms with Gasteiger partial charge in [-0.15, -0.1) is 0 Å². The van der Waals surface area contributed by atoms with Crippen LogP contribution in [-0.2, 0) is 16.1 Å². The predicted octanol–water partition coefficient (Wildman–Crippen LogP) is 3.86. The third-order valence-electron chi connectivity index (χ3n) is 4.34. The molecule has 4 nitrogen and oxygen atoms in total. The van der Waals surface area contributed by atoms with E-state index in [2.05, 4.69) is 23.6 Å². The van der Waals surface area contributed by atoms with Crippen LogP contribution in [-0.4, -0.2) is 24.7 Å². The number of benzene rings is 1. The van der Waals surface area contributed by atoms with E-state index >= 15 is 0 Å². The number of ether oxygens (including phenoxy) is 1. The van der Waals surface area contributed by atoms with Gasteiger partial charge in [-0.3, -0.25) is 4.79 Å². The molecule has 23 heavy (non-hydrogen) atoms. The molecular formula is C19H30N2O2. The molecule has 1 fully saturated rings. The molecule has 0 heterocycles. The lowest BCUT2D eigenvalue weighted by molar-refractivity contribution is -0.130. The average Bonchev–Trinajstić information content (AvgIpc) is 2.82. The summed E-state index contributed by atoms with van der Waals surface area (Å²) in [6, 6.07) is 7.97. The summed E-state index contributed by atoms with van der Waals surface area (Å²) in [7, 11) is 0. The maximum Gasteiger partial charge on any atom is 0.253 e. The molecule has 2 N–H and O–H groups in total. The summed E-state index contributed by atoms with van der Waals surface area (Å²) in [4.78, 5) is 12.3. The van der Waals surface area contributed by atoms with Crippen LogP contribution in [0.2, 0.25) is 0 Å². The zero-order chi connectivity index (χ0) is 16.5. The van der Waals surface area contributed by atoms with Gasteiger partial charge in [-0.05, 0) is 44.0 Å². The van der Waals surface area contributed by atoms with Gasteiger partial charge in [0.05, 0.1) is 6.10 Å². The third-order valence-corrected chi connectivity index (χ3v) is 4.34. The van der Waals surface area contributed by atoms with Gasteiger partial charge in [0.25, 0.3) is 5.91 Å². The van der Waals surface area contributed by atoms with Crippen molar-refractivity contribution in [1.29, 1.82) is 0 Å². The van der Waals surface area contributed by atoms with Crippen LogP contribution in [0.15, 0.2) is 24.3 Å². The van der Waals surface area contributed by atoms with Crippen molar-refractivity contribution in [2.24, 2.45) is 0 Å². The standard InChI is InChI=1S/C19H30N2O2/c1-3-20-14-16-9-8-10-17(13-16)21-19(22)15(2)23-18-11-6-4-5-7-12-18/h8-10,13,15,18,20H,3-7,11-12,14H2,1-2H3,(H,21,22). The van der Waals surface area contributed by atoms with Crippen molar-refractivity contribution in [3.05, 3.63) is 29.8 Å². The van der Waals surface area contributed by atoms with Crippen LogP contribution in [0.1, 0.15) is 57.9 Å². The molecule has 0 aromatic heterocycles. The normalized spacial score (nSPS) is 17.5. The van der Waals surface area contributed by atoms with Crippen molar-refractivity contribution >= 4 is 11.6 Å². The number of anilines is 1.